The molecule has 0 aliphatic heterocycles. The van der Waals surface area contributed by atoms with E-state index in [9.17, 15) is 0 Å². The van der Waals surface area contributed by atoms with Crippen molar-refractivity contribution >= 4 is 39.0 Å². The summed E-state index contributed by atoms with van der Waals surface area (Å²) in [7, 11) is 0. The highest BCUT2D eigenvalue weighted by atomic mass is 16.3. The number of anilines is 3. The predicted octanol–water partition coefficient (Wildman–Crippen LogP) is 18.1. The third-order valence-corrected chi connectivity index (χ3v) is 14.2. The lowest BCUT2D eigenvalue weighted by atomic mass is 9.67. The van der Waals surface area contributed by atoms with Gasteiger partial charge in [-0.05, 0) is 109 Å². The fourth-order valence-electron chi connectivity index (χ4n) is 11.1. The first-order chi connectivity index (χ1) is 34.2. The molecule has 0 saturated carbocycles. The first-order valence-electron chi connectivity index (χ1n) is 23.7. The van der Waals surface area contributed by atoms with Crippen LogP contribution < -0.4 is 4.90 Å². The van der Waals surface area contributed by atoms with Crippen LogP contribution in [-0.4, -0.2) is 0 Å². The van der Waals surface area contributed by atoms with E-state index in [-0.39, 0.29) is 0 Å². The second-order valence-corrected chi connectivity index (χ2v) is 17.9. The summed E-state index contributed by atoms with van der Waals surface area (Å²) in [5.41, 5.74) is 21.3. The van der Waals surface area contributed by atoms with Crippen LogP contribution in [0.3, 0.4) is 0 Å². The normalized spacial score (nSPS) is 12.5. The zero-order valence-electron chi connectivity index (χ0n) is 37.8. The Morgan fingerprint density at radius 1 is 0.290 bits per heavy atom. The molecule has 2 nitrogen and oxygen atoms in total. The van der Waals surface area contributed by atoms with Crippen molar-refractivity contribution in [3.05, 3.63) is 295 Å². The van der Waals surface area contributed by atoms with Crippen LogP contribution >= 0.6 is 0 Å². The van der Waals surface area contributed by atoms with E-state index in [4.69, 9.17) is 4.42 Å². The van der Waals surface area contributed by atoms with E-state index in [0.717, 1.165) is 66.8 Å². The fraction of sp³-hybridized carbons (Fsp3) is 0.0149. The molecule has 13 rings (SSSR count). The molecule has 1 aromatic heterocycles. The average Bonchev–Trinajstić information content (AvgIpc) is 3.96. The molecule has 69 heavy (non-hydrogen) atoms. The van der Waals surface area contributed by atoms with Gasteiger partial charge in [0.25, 0.3) is 0 Å². The van der Waals surface area contributed by atoms with Crippen molar-refractivity contribution in [2.24, 2.45) is 0 Å². The fourth-order valence-corrected chi connectivity index (χ4v) is 11.1. The number of fused-ring (bicyclic) bond motifs is 6. The van der Waals surface area contributed by atoms with Crippen molar-refractivity contribution < 1.29 is 4.42 Å². The standard InChI is InChI=1S/C67H45NO/c1-4-19-46(20-5-1)47-35-37-49(38-36-47)54-25-11-15-32-62(54)68(53-42-39-48(40-43-53)50-41-44-57-56-27-13-17-34-64(56)69-65(57)45-50)63-33-16-12-26-55(63)58-29-18-31-61-66(58)59-28-10-14-30-60(59)67(61,51-21-6-2-7-22-51)52-23-8-3-9-24-52/h1-45H. The van der Waals surface area contributed by atoms with Gasteiger partial charge in [0.15, 0.2) is 0 Å². The Labute approximate surface area is 402 Å². The van der Waals surface area contributed by atoms with Crippen LogP contribution in [0.25, 0.3) is 77.6 Å². The maximum Gasteiger partial charge on any atom is 0.136 e. The molecule has 0 spiro atoms. The highest BCUT2D eigenvalue weighted by molar-refractivity contribution is 6.06. The smallest absolute Gasteiger partial charge is 0.136 e. The van der Waals surface area contributed by atoms with Crippen LogP contribution in [0.5, 0.6) is 0 Å². The van der Waals surface area contributed by atoms with E-state index in [1.807, 2.05) is 12.1 Å². The van der Waals surface area contributed by atoms with Gasteiger partial charge >= 0.3 is 0 Å². The maximum atomic E-state index is 6.34. The summed E-state index contributed by atoms with van der Waals surface area (Å²) in [6.45, 7) is 0. The van der Waals surface area contributed by atoms with Crippen LogP contribution in [-0.2, 0) is 5.41 Å². The largest absolute Gasteiger partial charge is 0.456 e. The lowest BCUT2D eigenvalue weighted by Crippen LogP contribution is -2.28. The molecule has 1 aliphatic carbocycles. The topological polar surface area (TPSA) is 16.4 Å². The summed E-state index contributed by atoms with van der Waals surface area (Å²) in [5.74, 6) is 0. The third-order valence-electron chi connectivity index (χ3n) is 14.2. The number of rotatable bonds is 9. The zero-order chi connectivity index (χ0) is 45.7. The number of para-hydroxylation sites is 3. The van der Waals surface area contributed by atoms with Gasteiger partial charge in [-0.3, -0.25) is 0 Å². The zero-order valence-corrected chi connectivity index (χ0v) is 37.8. The second kappa shape index (κ2) is 16.7. The van der Waals surface area contributed by atoms with Gasteiger partial charge in [-0.2, -0.15) is 0 Å². The molecular weight excluding hydrogens is 835 g/mol. The third kappa shape index (κ3) is 6.64. The summed E-state index contributed by atoms with van der Waals surface area (Å²) in [6, 6.07) is 99.3. The van der Waals surface area contributed by atoms with E-state index in [0.29, 0.717) is 0 Å². The van der Waals surface area contributed by atoms with Crippen LogP contribution in [0.4, 0.5) is 17.1 Å². The first kappa shape index (κ1) is 40.3. The maximum absolute atomic E-state index is 6.34. The second-order valence-electron chi connectivity index (χ2n) is 17.9. The molecule has 12 aromatic rings. The van der Waals surface area contributed by atoms with Gasteiger partial charge in [0, 0.05) is 27.6 Å². The van der Waals surface area contributed by atoms with Gasteiger partial charge < -0.3 is 9.32 Å². The molecule has 0 saturated heterocycles. The minimum absolute atomic E-state index is 0.515. The molecule has 0 unspecified atom stereocenters. The van der Waals surface area contributed by atoms with Gasteiger partial charge in [-0.1, -0.05) is 231 Å². The first-order valence-corrected chi connectivity index (χ1v) is 23.7. The van der Waals surface area contributed by atoms with Crippen LogP contribution in [0.15, 0.2) is 277 Å². The lowest BCUT2D eigenvalue weighted by molar-refractivity contribution is 0.669. The molecule has 0 N–H and O–H groups in total. The number of nitrogens with zero attached hydrogens (tertiary/aromatic N) is 1. The number of hydrogen-bond donors (Lipinski definition) is 0. The number of benzene rings is 11. The quantitative estimate of drug-likeness (QED) is 0.144. The monoisotopic (exact) mass is 879 g/mol. The van der Waals surface area contributed by atoms with Crippen molar-refractivity contribution in [1.82, 2.24) is 0 Å². The van der Waals surface area contributed by atoms with Gasteiger partial charge in [0.05, 0.1) is 16.8 Å². The molecule has 1 heterocycles. The molecule has 0 fully saturated rings. The molecule has 0 bridgehead atoms. The van der Waals surface area contributed by atoms with Gasteiger partial charge in [-0.25, -0.2) is 0 Å². The van der Waals surface area contributed by atoms with Crippen LogP contribution in [0, 0.1) is 0 Å². The lowest BCUT2D eigenvalue weighted by Gasteiger charge is -2.34. The van der Waals surface area contributed by atoms with Gasteiger partial charge in [-0.15, -0.1) is 0 Å². The van der Waals surface area contributed by atoms with E-state index in [1.54, 1.807) is 0 Å². The highest BCUT2D eigenvalue weighted by Crippen LogP contribution is 2.59. The summed E-state index contributed by atoms with van der Waals surface area (Å²) in [6.07, 6.45) is 0. The molecule has 1 aliphatic rings. The van der Waals surface area contributed by atoms with E-state index < -0.39 is 5.41 Å². The predicted molar refractivity (Wildman–Crippen MR) is 287 cm³/mol. The van der Waals surface area contributed by atoms with Crippen LogP contribution in [0.2, 0.25) is 0 Å². The number of furan rings is 1. The Kier molecular flexibility index (Phi) is 9.77. The average molecular weight is 880 g/mol. The Morgan fingerprint density at radius 2 is 0.768 bits per heavy atom. The summed E-state index contributed by atoms with van der Waals surface area (Å²) < 4.78 is 6.34. The summed E-state index contributed by atoms with van der Waals surface area (Å²) in [5, 5.41) is 2.26. The van der Waals surface area contributed by atoms with Crippen molar-refractivity contribution in [1.29, 1.82) is 0 Å². The minimum Gasteiger partial charge on any atom is -0.456 e. The van der Waals surface area contributed by atoms with Crippen LogP contribution in [0.1, 0.15) is 22.3 Å². The summed E-state index contributed by atoms with van der Waals surface area (Å²) in [4.78, 5) is 2.46. The van der Waals surface area contributed by atoms with Crippen molar-refractivity contribution in [3.8, 4) is 55.6 Å². The molecule has 324 valence electrons. The molecular formula is C67H45NO. The molecule has 0 radical (unpaired) electrons. The van der Waals surface area contributed by atoms with E-state index >= 15 is 0 Å². The molecule has 0 atom stereocenters. The molecule has 0 amide bonds. The molecule has 2 heteroatoms. The Bertz CT molecular complexity index is 3780. The highest BCUT2D eigenvalue weighted by Gasteiger charge is 2.47. The Balaban J connectivity index is 1.01. The SMILES string of the molecule is c1ccc(-c2ccc(-c3ccccc3N(c3ccc(-c4ccc5c(c4)oc4ccccc45)cc3)c3ccccc3-c3cccc4c3-c3ccccc3C4(c3ccccc3)c3ccccc3)cc2)cc1. The summed E-state index contributed by atoms with van der Waals surface area (Å²) >= 11 is 0. The van der Waals surface area contributed by atoms with Crippen molar-refractivity contribution in [3.63, 3.8) is 0 Å². The van der Waals surface area contributed by atoms with Crippen molar-refractivity contribution in [2.45, 2.75) is 5.41 Å². The van der Waals surface area contributed by atoms with Gasteiger partial charge in [0.2, 0.25) is 0 Å². The minimum atomic E-state index is -0.515. The van der Waals surface area contributed by atoms with Crippen molar-refractivity contribution in [2.75, 3.05) is 4.90 Å². The van der Waals surface area contributed by atoms with E-state index in [2.05, 4.69) is 266 Å². The number of hydrogen-bond acceptors (Lipinski definition) is 2. The Hall–Kier alpha value is -8.98. The molecule has 11 aromatic carbocycles. The Morgan fingerprint density at radius 3 is 1.49 bits per heavy atom. The van der Waals surface area contributed by atoms with E-state index in [1.165, 1.54) is 50.1 Å². The van der Waals surface area contributed by atoms with Gasteiger partial charge in [0.1, 0.15) is 11.2 Å².